The lowest BCUT2D eigenvalue weighted by Gasteiger charge is -2.29. The Kier molecular flexibility index (Phi) is 8.71. The number of aromatic nitrogens is 3. The Morgan fingerprint density at radius 2 is 1.61 bits per heavy atom. The van der Waals surface area contributed by atoms with Crippen LogP contribution >= 0.6 is 0 Å². The van der Waals surface area contributed by atoms with Crippen molar-refractivity contribution in [1.29, 1.82) is 0 Å². The van der Waals surface area contributed by atoms with Crippen molar-refractivity contribution in [2.75, 3.05) is 41.9 Å². The molecule has 1 fully saturated rings. The molecular weight excluding hydrogens is 571 g/mol. The number of benzene rings is 1. The highest BCUT2D eigenvalue weighted by atomic mass is 19.1. The van der Waals surface area contributed by atoms with Gasteiger partial charge in [0.2, 0.25) is 5.95 Å². The van der Waals surface area contributed by atoms with Crippen molar-refractivity contribution in [2.45, 2.75) is 63.8 Å². The summed E-state index contributed by atoms with van der Waals surface area (Å²) < 4.78 is 22.7. The number of imide groups is 1. The maximum atomic E-state index is 14.7. The summed E-state index contributed by atoms with van der Waals surface area (Å²) in [5.41, 5.74) is 0.311. The highest BCUT2D eigenvalue weighted by Gasteiger charge is 2.41. The number of carbonyl (C=O) groups excluding carboxylic acids is 3. The molecule has 6 rings (SSSR count). The number of terminal acetylenes is 1. The number of ether oxygens (including phenoxy) is 1. The molecule has 13 heteroatoms. The van der Waals surface area contributed by atoms with Crippen LogP contribution in [0.2, 0.25) is 0 Å². The third-order valence-electron chi connectivity index (χ3n) is 8.39. The fraction of sp³-hybridized carbons (Fsp3) is 0.484. The lowest BCUT2D eigenvalue weighted by atomic mass is 9.93. The van der Waals surface area contributed by atoms with Gasteiger partial charge in [0.25, 0.3) is 17.7 Å². The first-order chi connectivity index (χ1) is 21.0. The van der Waals surface area contributed by atoms with Crippen molar-refractivity contribution < 1.29 is 23.5 Å². The van der Waals surface area contributed by atoms with Crippen molar-refractivity contribution in [3.8, 4) is 18.1 Å². The van der Waals surface area contributed by atoms with Crippen molar-refractivity contribution in [3.63, 3.8) is 0 Å². The van der Waals surface area contributed by atoms with Gasteiger partial charge in [0.1, 0.15) is 5.75 Å². The van der Waals surface area contributed by atoms with Gasteiger partial charge in [-0.3, -0.25) is 23.9 Å². The standard InChI is InChI=1S/C19H15FN2O4.C12H20N4O2/c1-2-7-21-15-9-14(13(20)8-16(15)26-10-17(21)23)22-18(24)11-5-3-4-6-12(11)19(22)25;1-14(2)10-13-11(17)16(12(18)15(10)3)9-7-5-4-6-8-9/h1,8-9H,3-7,10H2;9H,4-8H2,1-3H3. The number of nitrogens with zero attached hydrogens (tertiary/aromatic N) is 6. The fourth-order valence-corrected chi connectivity index (χ4v) is 6.20. The monoisotopic (exact) mass is 606 g/mol. The van der Waals surface area contributed by atoms with Gasteiger partial charge < -0.3 is 9.64 Å². The first kappa shape index (κ1) is 30.7. The molecule has 0 spiro atoms. The number of halogens is 1. The van der Waals surface area contributed by atoms with Gasteiger partial charge in [0.05, 0.1) is 17.9 Å². The molecule has 232 valence electrons. The number of hydrogen-bond donors (Lipinski definition) is 0. The van der Waals surface area contributed by atoms with Gasteiger partial charge in [-0.05, 0) is 44.6 Å². The number of rotatable bonds is 4. The summed E-state index contributed by atoms with van der Waals surface area (Å²) in [6.45, 7) is -0.262. The zero-order valence-electron chi connectivity index (χ0n) is 25.1. The lowest BCUT2D eigenvalue weighted by Crippen LogP contribution is -2.45. The number of anilines is 3. The summed E-state index contributed by atoms with van der Waals surface area (Å²) in [5.74, 6) is 0.806. The van der Waals surface area contributed by atoms with Crippen LogP contribution in [0.25, 0.3) is 0 Å². The summed E-state index contributed by atoms with van der Waals surface area (Å²) in [6, 6.07) is 2.39. The second-order valence-corrected chi connectivity index (χ2v) is 11.4. The van der Waals surface area contributed by atoms with E-state index < -0.39 is 23.3 Å². The summed E-state index contributed by atoms with van der Waals surface area (Å²) in [7, 11) is 5.20. The molecule has 2 aromatic rings. The van der Waals surface area contributed by atoms with E-state index in [1.165, 1.54) is 26.5 Å². The first-order valence-corrected chi connectivity index (χ1v) is 14.7. The average Bonchev–Trinajstić information content (AvgIpc) is 3.26. The molecule has 3 heterocycles. The van der Waals surface area contributed by atoms with Crippen molar-refractivity contribution >= 4 is 35.0 Å². The van der Waals surface area contributed by atoms with E-state index >= 15 is 0 Å². The minimum absolute atomic E-state index is 0.0170. The molecule has 0 bridgehead atoms. The van der Waals surface area contributed by atoms with E-state index in [2.05, 4.69) is 10.9 Å². The van der Waals surface area contributed by atoms with Gasteiger partial charge in [-0.1, -0.05) is 25.2 Å². The normalized spacial score (nSPS) is 18.3. The van der Waals surface area contributed by atoms with Crippen LogP contribution in [0.4, 0.5) is 21.7 Å². The largest absolute Gasteiger partial charge is 0.481 e. The van der Waals surface area contributed by atoms with Crippen LogP contribution in [0.3, 0.4) is 0 Å². The van der Waals surface area contributed by atoms with E-state index in [-0.39, 0.29) is 47.9 Å². The van der Waals surface area contributed by atoms with Gasteiger partial charge >= 0.3 is 11.4 Å². The fourth-order valence-electron chi connectivity index (χ4n) is 6.20. The molecule has 1 aromatic heterocycles. The molecule has 4 aliphatic rings. The summed E-state index contributed by atoms with van der Waals surface area (Å²) in [5, 5.41) is 0. The second kappa shape index (κ2) is 12.5. The van der Waals surface area contributed by atoms with Gasteiger partial charge in [0, 0.05) is 44.4 Å². The molecule has 2 aliphatic heterocycles. The molecule has 44 heavy (non-hydrogen) atoms. The van der Waals surface area contributed by atoms with E-state index in [1.54, 1.807) is 26.0 Å². The van der Waals surface area contributed by atoms with Crippen LogP contribution in [0.5, 0.6) is 5.75 Å². The van der Waals surface area contributed by atoms with Crippen molar-refractivity contribution in [3.05, 3.63) is 50.1 Å². The van der Waals surface area contributed by atoms with E-state index in [0.29, 0.717) is 29.9 Å². The van der Waals surface area contributed by atoms with Crippen LogP contribution in [-0.2, 0) is 21.4 Å². The van der Waals surface area contributed by atoms with E-state index in [1.807, 2.05) is 0 Å². The van der Waals surface area contributed by atoms with Crippen LogP contribution in [0.15, 0.2) is 32.9 Å². The third kappa shape index (κ3) is 5.52. The highest BCUT2D eigenvalue weighted by molar-refractivity contribution is 6.33. The predicted molar refractivity (Wildman–Crippen MR) is 161 cm³/mol. The highest BCUT2D eigenvalue weighted by Crippen LogP contribution is 2.41. The van der Waals surface area contributed by atoms with Crippen LogP contribution < -0.4 is 30.8 Å². The Morgan fingerprint density at radius 1 is 0.977 bits per heavy atom. The third-order valence-corrected chi connectivity index (χ3v) is 8.39. The van der Waals surface area contributed by atoms with E-state index in [0.717, 1.165) is 49.5 Å². The topological polar surface area (TPSA) is 127 Å². The molecule has 0 atom stereocenters. The molecule has 0 saturated heterocycles. The average molecular weight is 607 g/mol. The molecule has 12 nitrogen and oxygen atoms in total. The lowest BCUT2D eigenvalue weighted by molar-refractivity contribution is -0.121. The Bertz CT molecular complexity index is 1680. The second-order valence-electron chi connectivity index (χ2n) is 11.4. The SMILES string of the molecule is C#CCN1C(=O)COc2cc(F)c(N3C(=O)C4=C(CCCC4)C3=O)cc21.CN(C)c1nc(=O)n(C2CCCCC2)c(=O)n1C. The number of carbonyl (C=O) groups is 3. The Labute approximate surface area is 253 Å². The number of hydrogen-bond acceptors (Lipinski definition) is 8. The van der Waals surface area contributed by atoms with Crippen molar-refractivity contribution in [1.82, 2.24) is 14.1 Å². The van der Waals surface area contributed by atoms with Gasteiger partial charge in [0.15, 0.2) is 12.4 Å². The van der Waals surface area contributed by atoms with Gasteiger partial charge in [-0.15, -0.1) is 6.42 Å². The Balaban J connectivity index is 0.000000187. The Hall–Kier alpha value is -4.73. The minimum atomic E-state index is -0.764. The molecule has 1 aromatic carbocycles. The molecule has 3 amide bonds. The molecular formula is C31H35FN6O6. The van der Waals surface area contributed by atoms with Gasteiger partial charge in [-0.25, -0.2) is 23.4 Å². The van der Waals surface area contributed by atoms with E-state index in [4.69, 9.17) is 11.2 Å². The van der Waals surface area contributed by atoms with Crippen molar-refractivity contribution in [2.24, 2.45) is 7.05 Å². The molecule has 2 aliphatic carbocycles. The summed E-state index contributed by atoms with van der Waals surface area (Å²) >= 11 is 0. The quantitative estimate of drug-likeness (QED) is 0.384. The molecule has 0 radical (unpaired) electrons. The number of amides is 3. The van der Waals surface area contributed by atoms with Crippen LogP contribution in [-0.4, -0.2) is 59.1 Å². The smallest absolute Gasteiger partial charge is 0.355 e. The van der Waals surface area contributed by atoms with Gasteiger partial charge in [-0.2, -0.15) is 4.98 Å². The first-order valence-electron chi connectivity index (χ1n) is 14.7. The Morgan fingerprint density at radius 3 is 2.20 bits per heavy atom. The molecule has 0 unspecified atom stereocenters. The zero-order valence-corrected chi connectivity index (χ0v) is 25.1. The number of fused-ring (bicyclic) bond motifs is 1. The van der Waals surface area contributed by atoms with Crippen LogP contribution in [0.1, 0.15) is 63.8 Å². The maximum Gasteiger partial charge on any atom is 0.355 e. The molecule has 0 N–H and O–H groups in total. The summed E-state index contributed by atoms with van der Waals surface area (Å²) in [4.78, 5) is 69.5. The zero-order chi connectivity index (χ0) is 31.7. The minimum Gasteiger partial charge on any atom is -0.481 e. The summed E-state index contributed by atoms with van der Waals surface area (Å²) in [6.07, 6.45) is 13.2. The molecule has 1 saturated carbocycles. The predicted octanol–water partition coefficient (Wildman–Crippen LogP) is 2.44. The maximum absolute atomic E-state index is 14.7. The van der Waals surface area contributed by atoms with Crippen LogP contribution in [0, 0.1) is 18.2 Å². The van der Waals surface area contributed by atoms with E-state index in [9.17, 15) is 28.4 Å².